The number of amides is 3. The standard InChI is InChI=1S/C19H29N3O4/c1-19(2,3)20-18(24)22-11-7-10-21(12-13-22)17(23)14-26-16-9-6-5-8-15(16)25-4/h5-6,8-9H,7,10-14H2,1-4H3,(H,20,24). The van der Waals surface area contributed by atoms with E-state index in [9.17, 15) is 9.59 Å². The molecule has 0 aromatic heterocycles. The number of hydrogen-bond donors (Lipinski definition) is 1. The Balaban J connectivity index is 1.86. The van der Waals surface area contributed by atoms with Crippen molar-refractivity contribution < 1.29 is 19.1 Å². The molecule has 7 heteroatoms. The molecule has 0 spiro atoms. The Kier molecular flexibility index (Phi) is 6.71. The third-order valence-electron chi connectivity index (χ3n) is 4.04. The topological polar surface area (TPSA) is 71.1 Å². The van der Waals surface area contributed by atoms with Gasteiger partial charge in [0.15, 0.2) is 18.1 Å². The molecule has 1 saturated heterocycles. The van der Waals surface area contributed by atoms with Crippen LogP contribution in [0.2, 0.25) is 0 Å². The number of hydrogen-bond acceptors (Lipinski definition) is 4. The fourth-order valence-corrected chi connectivity index (χ4v) is 2.74. The minimum absolute atomic E-state index is 0.0471. The van der Waals surface area contributed by atoms with Crippen LogP contribution in [0.15, 0.2) is 24.3 Å². The summed E-state index contributed by atoms with van der Waals surface area (Å²) >= 11 is 0. The van der Waals surface area contributed by atoms with Crippen LogP contribution in [0.3, 0.4) is 0 Å². The van der Waals surface area contributed by atoms with Crippen molar-refractivity contribution in [1.82, 2.24) is 15.1 Å². The maximum Gasteiger partial charge on any atom is 0.317 e. The highest BCUT2D eigenvalue weighted by Crippen LogP contribution is 2.25. The van der Waals surface area contributed by atoms with Crippen LogP contribution in [-0.2, 0) is 4.79 Å². The summed E-state index contributed by atoms with van der Waals surface area (Å²) in [5.74, 6) is 1.06. The number of urea groups is 1. The SMILES string of the molecule is COc1ccccc1OCC(=O)N1CCCN(C(=O)NC(C)(C)C)CC1. The number of benzene rings is 1. The molecule has 144 valence electrons. The fraction of sp³-hybridized carbons (Fsp3) is 0.579. The molecule has 0 unspecified atom stereocenters. The van der Waals surface area contributed by atoms with Crippen molar-refractivity contribution in [1.29, 1.82) is 0 Å². The average molecular weight is 363 g/mol. The molecular formula is C19H29N3O4. The molecule has 0 radical (unpaired) electrons. The third-order valence-corrected chi connectivity index (χ3v) is 4.04. The van der Waals surface area contributed by atoms with Gasteiger partial charge < -0.3 is 24.6 Å². The molecule has 26 heavy (non-hydrogen) atoms. The lowest BCUT2D eigenvalue weighted by Gasteiger charge is -2.27. The first kappa shape index (κ1) is 19.9. The van der Waals surface area contributed by atoms with Crippen molar-refractivity contribution in [2.24, 2.45) is 0 Å². The van der Waals surface area contributed by atoms with Gasteiger partial charge in [-0.05, 0) is 39.3 Å². The molecule has 2 rings (SSSR count). The van der Waals surface area contributed by atoms with E-state index in [-0.39, 0.29) is 24.1 Å². The average Bonchev–Trinajstić information content (AvgIpc) is 2.84. The fourth-order valence-electron chi connectivity index (χ4n) is 2.74. The van der Waals surface area contributed by atoms with Crippen LogP contribution in [0, 0.1) is 0 Å². The Labute approximate surface area is 155 Å². The zero-order chi connectivity index (χ0) is 19.2. The molecule has 1 aromatic carbocycles. The van der Waals surface area contributed by atoms with E-state index in [1.165, 1.54) is 0 Å². The van der Waals surface area contributed by atoms with E-state index in [4.69, 9.17) is 9.47 Å². The lowest BCUT2D eigenvalue weighted by molar-refractivity contribution is -0.133. The molecule has 0 atom stereocenters. The number of methoxy groups -OCH3 is 1. The predicted octanol–water partition coefficient (Wildman–Crippen LogP) is 2.12. The van der Waals surface area contributed by atoms with E-state index in [0.717, 1.165) is 6.42 Å². The maximum absolute atomic E-state index is 12.5. The van der Waals surface area contributed by atoms with E-state index >= 15 is 0 Å². The van der Waals surface area contributed by atoms with E-state index in [1.807, 2.05) is 32.9 Å². The molecule has 1 aromatic rings. The number of nitrogens with zero attached hydrogens (tertiary/aromatic N) is 2. The highest BCUT2D eigenvalue weighted by molar-refractivity contribution is 5.78. The minimum atomic E-state index is -0.276. The number of ether oxygens (including phenoxy) is 2. The second-order valence-corrected chi connectivity index (χ2v) is 7.34. The Morgan fingerprint density at radius 2 is 1.65 bits per heavy atom. The molecule has 0 bridgehead atoms. The maximum atomic E-state index is 12.5. The van der Waals surface area contributed by atoms with Crippen LogP contribution in [0.5, 0.6) is 11.5 Å². The van der Waals surface area contributed by atoms with Gasteiger partial charge in [0.2, 0.25) is 0 Å². The van der Waals surface area contributed by atoms with Gasteiger partial charge in [0.1, 0.15) is 0 Å². The summed E-state index contributed by atoms with van der Waals surface area (Å²) in [7, 11) is 1.57. The first-order valence-electron chi connectivity index (χ1n) is 8.91. The van der Waals surface area contributed by atoms with Crippen LogP contribution in [0.1, 0.15) is 27.2 Å². The largest absolute Gasteiger partial charge is 0.493 e. The van der Waals surface area contributed by atoms with Gasteiger partial charge in [-0.15, -0.1) is 0 Å². The number of para-hydroxylation sites is 2. The molecular weight excluding hydrogens is 334 g/mol. The Morgan fingerprint density at radius 3 is 2.31 bits per heavy atom. The van der Waals surface area contributed by atoms with E-state index in [1.54, 1.807) is 29.0 Å². The summed E-state index contributed by atoms with van der Waals surface area (Å²) in [6.45, 7) is 8.09. The Morgan fingerprint density at radius 1 is 1.04 bits per heavy atom. The molecule has 3 amide bonds. The van der Waals surface area contributed by atoms with E-state index < -0.39 is 0 Å². The predicted molar refractivity (Wildman–Crippen MR) is 99.5 cm³/mol. The molecule has 1 N–H and O–H groups in total. The summed E-state index contributed by atoms with van der Waals surface area (Å²) in [4.78, 5) is 28.3. The molecule has 7 nitrogen and oxygen atoms in total. The quantitative estimate of drug-likeness (QED) is 0.889. The second-order valence-electron chi connectivity index (χ2n) is 7.34. The molecule has 1 fully saturated rings. The summed E-state index contributed by atoms with van der Waals surface area (Å²) in [6, 6.07) is 7.15. The van der Waals surface area contributed by atoms with Crippen molar-refractivity contribution >= 4 is 11.9 Å². The zero-order valence-corrected chi connectivity index (χ0v) is 16.1. The van der Waals surface area contributed by atoms with E-state index in [2.05, 4.69) is 5.32 Å². The van der Waals surface area contributed by atoms with Crippen LogP contribution in [-0.4, -0.2) is 67.2 Å². The molecule has 1 aliphatic rings. The van der Waals surface area contributed by atoms with Gasteiger partial charge in [-0.3, -0.25) is 4.79 Å². The first-order chi connectivity index (χ1) is 12.3. The van der Waals surface area contributed by atoms with Crippen molar-refractivity contribution in [2.45, 2.75) is 32.7 Å². The minimum Gasteiger partial charge on any atom is -0.493 e. The van der Waals surface area contributed by atoms with Crippen molar-refractivity contribution in [3.05, 3.63) is 24.3 Å². The van der Waals surface area contributed by atoms with Gasteiger partial charge in [-0.1, -0.05) is 12.1 Å². The van der Waals surface area contributed by atoms with Gasteiger partial charge in [0.05, 0.1) is 7.11 Å². The lowest BCUT2D eigenvalue weighted by Crippen LogP contribution is -2.49. The van der Waals surface area contributed by atoms with Crippen LogP contribution in [0.25, 0.3) is 0 Å². The molecule has 1 heterocycles. The number of rotatable bonds is 4. The third kappa shape index (κ3) is 5.82. The van der Waals surface area contributed by atoms with Gasteiger partial charge in [-0.2, -0.15) is 0 Å². The van der Waals surface area contributed by atoms with Crippen LogP contribution < -0.4 is 14.8 Å². The van der Waals surface area contributed by atoms with Crippen molar-refractivity contribution in [3.8, 4) is 11.5 Å². The van der Waals surface area contributed by atoms with E-state index in [0.29, 0.717) is 37.7 Å². The molecule has 0 saturated carbocycles. The van der Waals surface area contributed by atoms with Gasteiger partial charge >= 0.3 is 6.03 Å². The Bertz CT molecular complexity index is 627. The summed E-state index contributed by atoms with van der Waals surface area (Å²) < 4.78 is 10.8. The first-order valence-corrected chi connectivity index (χ1v) is 8.91. The smallest absolute Gasteiger partial charge is 0.317 e. The van der Waals surface area contributed by atoms with Crippen molar-refractivity contribution in [2.75, 3.05) is 39.9 Å². The summed E-state index contributed by atoms with van der Waals surface area (Å²) in [5.41, 5.74) is -0.276. The number of carbonyl (C=O) groups is 2. The number of nitrogens with one attached hydrogen (secondary N) is 1. The zero-order valence-electron chi connectivity index (χ0n) is 16.1. The van der Waals surface area contributed by atoms with Crippen molar-refractivity contribution in [3.63, 3.8) is 0 Å². The van der Waals surface area contributed by atoms with Crippen LogP contribution in [0.4, 0.5) is 4.79 Å². The summed E-state index contributed by atoms with van der Waals surface area (Å²) in [5, 5.41) is 2.96. The molecule has 1 aliphatic heterocycles. The highest BCUT2D eigenvalue weighted by atomic mass is 16.5. The second kappa shape index (κ2) is 8.78. The van der Waals surface area contributed by atoms with Gasteiger partial charge in [-0.25, -0.2) is 4.79 Å². The number of carbonyl (C=O) groups excluding carboxylic acids is 2. The highest BCUT2D eigenvalue weighted by Gasteiger charge is 2.24. The van der Waals surface area contributed by atoms with Crippen LogP contribution >= 0.6 is 0 Å². The van der Waals surface area contributed by atoms with Gasteiger partial charge in [0, 0.05) is 31.7 Å². The lowest BCUT2D eigenvalue weighted by atomic mass is 10.1. The normalized spacial score (nSPS) is 15.2. The summed E-state index contributed by atoms with van der Waals surface area (Å²) in [6.07, 6.45) is 0.748. The van der Waals surface area contributed by atoms with Gasteiger partial charge in [0.25, 0.3) is 5.91 Å². The Hall–Kier alpha value is -2.44. The monoisotopic (exact) mass is 363 g/mol. The molecule has 0 aliphatic carbocycles.